The molecule has 142 valence electrons. The van der Waals surface area contributed by atoms with E-state index in [1.807, 2.05) is 40.2 Å². The molecule has 2 aromatic carbocycles. The zero-order valence-corrected chi connectivity index (χ0v) is 17.1. The van der Waals surface area contributed by atoms with Crippen LogP contribution in [0, 0.1) is 0 Å². The average Bonchev–Trinajstić information content (AvgIpc) is 3.23. The number of thiazole rings is 1. The van der Waals surface area contributed by atoms with Crippen molar-refractivity contribution in [3.05, 3.63) is 69.8 Å². The molecule has 0 radical (unpaired) electrons. The highest BCUT2D eigenvalue weighted by Crippen LogP contribution is 2.26. The zero-order valence-electron chi connectivity index (χ0n) is 14.8. The van der Waals surface area contributed by atoms with E-state index < -0.39 is 0 Å². The van der Waals surface area contributed by atoms with Gasteiger partial charge in [-0.25, -0.2) is 4.98 Å². The molecule has 0 aliphatic carbocycles. The fraction of sp³-hybridized carbons (Fsp3) is 0.100. The Bertz CT molecular complexity index is 1130. The Balaban J connectivity index is 1.54. The van der Waals surface area contributed by atoms with Crippen LogP contribution in [0.15, 0.2) is 54.0 Å². The molecule has 5 nitrogen and oxygen atoms in total. The standard InChI is InChI=1S/C20H15Cl2N3O2S/c1-27-17-4-2-12(3-5-17)18-10-25-16(11-28-20(25)24-18)9-19(26)23-15-7-13(21)6-14(22)8-15/h2-8,10-11H,9H2,1H3,(H,23,26). The second kappa shape index (κ2) is 7.83. The number of fused-ring (bicyclic) bond motifs is 1. The SMILES string of the molecule is COc1ccc(-c2cn3c(CC(=O)Nc4cc(Cl)cc(Cl)c4)csc3n2)cc1. The van der Waals surface area contributed by atoms with Crippen molar-refractivity contribution in [3.63, 3.8) is 0 Å². The lowest BCUT2D eigenvalue weighted by Crippen LogP contribution is -2.15. The van der Waals surface area contributed by atoms with Gasteiger partial charge in [-0.15, -0.1) is 11.3 Å². The minimum absolute atomic E-state index is 0.155. The summed E-state index contributed by atoms with van der Waals surface area (Å²) in [5, 5.41) is 5.71. The molecular weight excluding hydrogens is 417 g/mol. The number of carbonyl (C=O) groups excluding carboxylic acids is 1. The van der Waals surface area contributed by atoms with Crippen molar-refractivity contribution >= 4 is 51.1 Å². The van der Waals surface area contributed by atoms with Crippen molar-refractivity contribution in [1.82, 2.24) is 9.38 Å². The number of halogens is 2. The summed E-state index contributed by atoms with van der Waals surface area (Å²) in [6, 6.07) is 12.6. The highest BCUT2D eigenvalue weighted by atomic mass is 35.5. The molecule has 8 heteroatoms. The number of amides is 1. The van der Waals surface area contributed by atoms with Gasteiger partial charge in [0.25, 0.3) is 0 Å². The van der Waals surface area contributed by atoms with Crippen molar-refractivity contribution in [2.45, 2.75) is 6.42 Å². The number of methoxy groups -OCH3 is 1. The Labute approximate surface area is 175 Å². The number of hydrogen-bond donors (Lipinski definition) is 1. The molecular formula is C20H15Cl2N3O2S. The molecule has 2 heterocycles. The summed E-state index contributed by atoms with van der Waals surface area (Å²) in [4.78, 5) is 17.9. The van der Waals surface area contributed by atoms with Crippen LogP contribution in [0.3, 0.4) is 0 Å². The molecule has 0 aliphatic rings. The third-order valence-electron chi connectivity index (χ3n) is 4.16. The maximum absolute atomic E-state index is 12.5. The number of nitrogens with zero attached hydrogens (tertiary/aromatic N) is 2. The van der Waals surface area contributed by atoms with Crippen LogP contribution in [0.1, 0.15) is 5.69 Å². The number of benzene rings is 2. The number of hydrogen-bond acceptors (Lipinski definition) is 4. The van der Waals surface area contributed by atoms with Gasteiger partial charge in [-0.3, -0.25) is 9.20 Å². The fourth-order valence-corrected chi connectivity index (χ4v) is 4.25. The first-order valence-electron chi connectivity index (χ1n) is 8.37. The Hall–Kier alpha value is -2.54. The van der Waals surface area contributed by atoms with Gasteiger partial charge in [0.15, 0.2) is 4.96 Å². The van der Waals surface area contributed by atoms with Gasteiger partial charge in [-0.2, -0.15) is 0 Å². The zero-order chi connectivity index (χ0) is 19.7. The normalized spacial score (nSPS) is 11.0. The Morgan fingerprint density at radius 1 is 1.18 bits per heavy atom. The molecule has 0 atom stereocenters. The number of ether oxygens (including phenoxy) is 1. The Morgan fingerprint density at radius 3 is 2.57 bits per heavy atom. The number of nitrogens with one attached hydrogen (secondary N) is 1. The maximum atomic E-state index is 12.5. The van der Waals surface area contributed by atoms with E-state index in [-0.39, 0.29) is 12.3 Å². The summed E-state index contributed by atoms with van der Waals surface area (Å²) in [5.41, 5.74) is 3.26. The predicted octanol–water partition coefficient (Wildman–Crippen LogP) is 5.56. The molecule has 0 spiro atoms. The highest BCUT2D eigenvalue weighted by molar-refractivity contribution is 7.15. The molecule has 1 N–H and O–H groups in total. The lowest BCUT2D eigenvalue weighted by molar-refractivity contribution is -0.115. The van der Waals surface area contributed by atoms with Crippen LogP contribution in [0.2, 0.25) is 10.0 Å². The molecule has 0 aliphatic heterocycles. The van der Waals surface area contributed by atoms with Gasteiger partial charge in [-0.1, -0.05) is 23.2 Å². The molecule has 0 saturated carbocycles. The van der Waals surface area contributed by atoms with Crippen molar-refractivity contribution in [1.29, 1.82) is 0 Å². The second-order valence-corrected chi connectivity index (χ2v) is 7.83. The van der Waals surface area contributed by atoms with Gasteiger partial charge in [-0.05, 0) is 42.5 Å². The molecule has 0 saturated heterocycles. The molecule has 0 fully saturated rings. The molecule has 4 rings (SSSR count). The third-order valence-corrected chi connectivity index (χ3v) is 5.48. The van der Waals surface area contributed by atoms with Gasteiger partial charge >= 0.3 is 0 Å². The van der Waals surface area contributed by atoms with Crippen LogP contribution in [0.5, 0.6) is 5.75 Å². The number of rotatable bonds is 5. The first-order valence-corrected chi connectivity index (χ1v) is 10.0. The highest BCUT2D eigenvalue weighted by Gasteiger charge is 2.13. The largest absolute Gasteiger partial charge is 0.497 e. The summed E-state index contributed by atoms with van der Waals surface area (Å²) in [6.45, 7) is 0. The van der Waals surface area contributed by atoms with Crippen molar-refractivity contribution < 1.29 is 9.53 Å². The Morgan fingerprint density at radius 2 is 1.89 bits per heavy atom. The van der Waals surface area contributed by atoms with Crippen molar-refractivity contribution in [3.8, 4) is 17.0 Å². The van der Waals surface area contributed by atoms with E-state index >= 15 is 0 Å². The summed E-state index contributed by atoms with van der Waals surface area (Å²) in [7, 11) is 1.64. The lowest BCUT2D eigenvalue weighted by Gasteiger charge is -2.06. The molecule has 1 amide bonds. The van der Waals surface area contributed by atoms with E-state index in [0.29, 0.717) is 15.7 Å². The molecule has 2 aromatic heterocycles. The summed E-state index contributed by atoms with van der Waals surface area (Å²) >= 11 is 13.5. The topological polar surface area (TPSA) is 55.6 Å². The van der Waals surface area contributed by atoms with Crippen molar-refractivity contribution in [2.75, 3.05) is 12.4 Å². The summed E-state index contributed by atoms with van der Waals surface area (Å²) in [6.07, 6.45) is 2.15. The molecule has 0 unspecified atom stereocenters. The minimum Gasteiger partial charge on any atom is -0.497 e. The van der Waals surface area contributed by atoms with Gasteiger partial charge < -0.3 is 10.1 Å². The average molecular weight is 432 g/mol. The van der Waals surface area contributed by atoms with E-state index in [1.54, 1.807) is 25.3 Å². The minimum atomic E-state index is -0.155. The van der Waals surface area contributed by atoms with Crippen LogP contribution in [0.25, 0.3) is 16.2 Å². The molecule has 0 bridgehead atoms. The van der Waals surface area contributed by atoms with Gasteiger partial charge in [0.05, 0.1) is 19.2 Å². The van der Waals surface area contributed by atoms with E-state index in [2.05, 4.69) is 10.3 Å². The van der Waals surface area contributed by atoms with Crippen LogP contribution in [-0.2, 0) is 11.2 Å². The number of anilines is 1. The fourth-order valence-electron chi connectivity index (χ4n) is 2.85. The molecule has 28 heavy (non-hydrogen) atoms. The Kier molecular flexibility index (Phi) is 5.26. The first-order chi connectivity index (χ1) is 13.5. The van der Waals surface area contributed by atoms with Crippen LogP contribution in [0.4, 0.5) is 5.69 Å². The number of imidazole rings is 1. The summed E-state index contributed by atoms with van der Waals surface area (Å²) < 4.78 is 7.13. The number of aromatic nitrogens is 2. The maximum Gasteiger partial charge on any atom is 0.230 e. The predicted molar refractivity (Wildman–Crippen MR) is 114 cm³/mol. The van der Waals surface area contributed by atoms with E-state index in [4.69, 9.17) is 27.9 Å². The monoisotopic (exact) mass is 431 g/mol. The summed E-state index contributed by atoms with van der Waals surface area (Å²) in [5.74, 6) is 0.640. The van der Waals surface area contributed by atoms with Crippen molar-refractivity contribution in [2.24, 2.45) is 0 Å². The first kappa shape index (κ1) is 18.8. The molecule has 4 aromatic rings. The third kappa shape index (κ3) is 3.99. The van der Waals surface area contributed by atoms with E-state index in [0.717, 1.165) is 27.7 Å². The van der Waals surface area contributed by atoms with E-state index in [9.17, 15) is 4.79 Å². The lowest BCUT2D eigenvalue weighted by atomic mass is 10.2. The second-order valence-electron chi connectivity index (χ2n) is 6.12. The quantitative estimate of drug-likeness (QED) is 0.449. The smallest absolute Gasteiger partial charge is 0.230 e. The van der Waals surface area contributed by atoms with Crippen LogP contribution < -0.4 is 10.1 Å². The number of carbonyl (C=O) groups is 1. The van der Waals surface area contributed by atoms with Gasteiger partial charge in [0, 0.05) is 38.6 Å². The van der Waals surface area contributed by atoms with E-state index in [1.165, 1.54) is 11.3 Å². The van der Waals surface area contributed by atoms with Crippen LogP contribution in [-0.4, -0.2) is 22.4 Å². The van der Waals surface area contributed by atoms with Gasteiger partial charge in [0.1, 0.15) is 5.75 Å². The van der Waals surface area contributed by atoms with Gasteiger partial charge in [0.2, 0.25) is 5.91 Å². The van der Waals surface area contributed by atoms with Crippen LogP contribution >= 0.6 is 34.5 Å².